The number of thiazole rings is 1. The Labute approximate surface area is 289 Å². The molecule has 0 saturated heterocycles. The molecule has 1 aromatic heterocycles. The van der Waals surface area contributed by atoms with Gasteiger partial charge in [-0.05, 0) is 99.3 Å². The van der Waals surface area contributed by atoms with E-state index in [0.717, 1.165) is 5.56 Å². The minimum atomic E-state index is -0.763. The highest BCUT2D eigenvalue weighted by atomic mass is 79.9. The quantitative estimate of drug-likeness (QED) is 0.166. The molecule has 0 unspecified atom stereocenters. The minimum Gasteiger partial charge on any atom is -0.496 e. The maximum absolute atomic E-state index is 14.0. The van der Waals surface area contributed by atoms with Crippen LogP contribution in [0.5, 0.6) is 17.2 Å². The third-order valence-corrected chi connectivity index (χ3v) is 9.72. The summed E-state index contributed by atoms with van der Waals surface area (Å²) in [5.41, 5.74) is 2.60. The van der Waals surface area contributed by atoms with Crippen LogP contribution in [0.2, 0.25) is 10.0 Å². The number of hydrogen-bond donors (Lipinski definition) is 0. The number of esters is 1. The van der Waals surface area contributed by atoms with E-state index < -0.39 is 12.0 Å². The third-order valence-electron chi connectivity index (χ3n) is 6.95. The molecule has 0 radical (unpaired) electrons. The van der Waals surface area contributed by atoms with Gasteiger partial charge in [-0.2, -0.15) is 0 Å². The first kappa shape index (κ1) is 33.3. The first-order valence-electron chi connectivity index (χ1n) is 13.5. The Morgan fingerprint density at radius 3 is 2.47 bits per heavy atom. The molecule has 0 N–H and O–H groups in total. The van der Waals surface area contributed by atoms with Gasteiger partial charge in [-0.25, -0.2) is 9.79 Å². The molecule has 0 aliphatic carbocycles. The zero-order valence-corrected chi connectivity index (χ0v) is 30.0. The number of halogens is 4. The molecule has 0 fully saturated rings. The van der Waals surface area contributed by atoms with Crippen LogP contribution in [0, 0.1) is 0 Å². The van der Waals surface area contributed by atoms with Crippen molar-refractivity contribution in [1.82, 2.24) is 4.57 Å². The van der Waals surface area contributed by atoms with E-state index in [1.165, 1.54) is 23.0 Å². The summed E-state index contributed by atoms with van der Waals surface area (Å²) in [6.45, 7) is 3.85. The number of fused-ring (bicyclic) bond motifs is 1. The zero-order chi connectivity index (χ0) is 32.4. The van der Waals surface area contributed by atoms with Crippen LogP contribution in [-0.2, 0) is 16.1 Å². The van der Waals surface area contributed by atoms with Gasteiger partial charge >= 0.3 is 5.97 Å². The molecule has 0 saturated carbocycles. The van der Waals surface area contributed by atoms with Gasteiger partial charge in [0.05, 0.1) is 51.6 Å². The maximum atomic E-state index is 14.0. The van der Waals surface area contributed by atoms with E-state index in [1.807, 2.05) is 18.2 Å². The Balaban J connectivity index is 1.58. The van der Waals surface area contributed by atoms with Crippen LogP contribution in [0.3, 0.4) is 0 Å². The summed E-state index contributed by atoms with van der Waals surface area (Å²) in [7, 11) is 3.10. The molecule has 5 rings (SSSR count). The van der Waals surface area contributed by atoms with Crippen molar-refractivity contribution < 1.29 is 23.7 Å². The lowest BCUT2D eigenvalue weighted by Gasteiger charge is -2.25. The number of methoxy groups -OCH3 is 2. The van der Waals surface area contributed by atoms with Crippen LogP contribution in [0.15, 0.2) is 78.5 Å². The number of carbonyl (C=O) groups is 1. The van der Waals surface area contributed by atoms with E-state index in [1.54, 1.807) is 57.4 Å². The van der Waals surface area contributed by atoms with Crippen LogP contribution >= 0.6 is 66.4 Å². The van der Waals surface area contributed by atoms with Crippen LogP contribution in [0.1, 0.15) is 36.6 Å². The lowest BCUT2D eigenvalue weighted by molar-refractivity contribution is -0.139. The molecular weight excluding hydrogens is 771 g/mol. The number of aromatic nitrogens is 1. The number of carbonyl (C=O) groups excluding carboxylic acids is 1. The van der Waals surface area contributed by atoms with E-state index in [-0.39, 0.29) is 18.8 Å². The van der Waals surface area contributed by atoms with E-state index in [9.17, 15) is 9.59 Å². The molecule has 0 bridgehead atoms. The summed E-state index contributed by atoms with van der Waals surface area (Å²) < 4.78 is 25.7. The summed E-state index contributed by atoms with van der Waals surface area (Å²) in [5, 5.41) is 1.03. The van der Waals surface area contributed by atoms with Crippen molar-refractivity contribution in [3.63, 3.8) is 0 Å². The van der Waals surface area contributed by atoms with Gasteiger partial charge in [-0.15, -0.1) is 0 Å². The normalized spacial score (nSPS) is 14.6. The Hall–Kier alpha value is -3.09. The summed E-state index contributed by atoms with van der Waals surface area (Å²) in [5.74, 6) is 1.01. The highest BCUT2D eigenvalue weighted by molar-refractivity contribution is 9.11. The van der Waals surface area contributed by atoms with Gasteiger partial charge in [0.1, 0.15) is 12.4 Å². The van der Waals surface area contributed by atoms with Crippen LogP contribution in [0.4, 0.5) is 0 Å². The molecule has 4 aromatic rings. The van der Waals surface area contributed by atoms with E-state index >= 15 is 0 Å². The highest BCUT2D eigenvalue weighted by Crippen LogP contribution is 2.38. The van der Waals surface area contributed by atoms with Crippen LogP contribution in [0.25, 0.3) is 6.08 Å². The number of ether oxygens (including phenoxy) is 4. The summed E-state index contributed by atoms with van der Waals surface area (Å²) in [6, 6.07) is 13.5. The van der Waals surface area contributed by atoms with Gasteiger partial charge in [0, 0.05) is 15.6 Å². The van der Waals surface area contributed by atoms with Crippen molar-refractivity contribution in [3.8, 4) is 17.2 Å². The molecular formula is C32H26Br2Cl2N2O6S. The lowest BCUT2D eigenvalue weighted by atomic mass is 9.96. The molecule has 45 heavy (non-hydrogen) atoms. The van der Waals surface area contributed by atoms with Crippen LogP contribution in [-0.4, -0.2) is 31.4 Å². The molecule has 8 nitrogen and oxygen atoms in total. The highest BCUT2D eigenvalue weighted by Gasteiger charge is 2.33. The van der Waals surface area contributed by atoms with Crippen molar-refractivity contribution in [2.75, 3.05) is 20.8 Å². The lowest BCUT2D eigenvalue weighted by Crippen LogP contribution is -2.40. The monoisotopic (exact) mass is 794 g/mol. The predicted octanol–water partition coefficient (Wildman–Crippen LogP) is 7.23. The summed E-state index contributed by atoms with van der Waals surface area (Å²) in [6.07, 6.45) is 1.75. The van der Waals surface area contributed by atoms with E-state index in [0.29, 0.717) is 68.0 Å². The van der Waals surface area contributed by atoms with Crippen molar-refractivity contribution in [1.29, 1.82) is 0 Å². The second kappa shape index (κ2) is 14.1. The Kier molecular flexibility index (Phi) is 10.4. The van der Waals surface area contributed by atoms with Gasteiger partial charge in [0.2, 0.25) is 0 Å². The standard InChI is InChI=1S/C32H26Br2Cl2N2O6S/c1-5-43-31(40)27-16(2)37-32-38(28(27)18-7-9-24(41-3)21(33)13-18)30(39)26(45-32)12-17-10-22(34)29(25(11-17)42-4)44-15-19-6-8-20(35)14-23(19)36/h6-14,28H,5,15H2,1-4H3/b26-12+/t28-/m1/s1. The van der Waals surface area contributed by atoms with Crippen LogP contribution < -0.4 is 29.1 Å². The second-order valence-corrected chi connectivity index (χ2v) is 13.3. The smallest absolute Gasteiger partial charge is 0.338 e. The average molecular weight is 797 g/mol. The molecule has 0 spiro atoms. The Morgan fingerprint density at radius 1 is 1.04 bits per heavy atom. The van der Waals surface area contributed by atoms with Crippen molar-refractivity contribution >= 4 is 78.4 Å². The van der Waals surface area contributed by atoms with Gasteiger partial charge in [-0.3, -0.25) is 9.36 Å². The molecule has 1 aliphatic rings. The molecule has 2 heterocycles. The number of hydrogen-bond acceptors (Lipinski definition) is 8. The molecule has 234 valence electrons. The zero-order valence-electron chi connectivity index (χ0n) is 24.5. The fourth-order valence-electron chi connectivity index (χ4n) is 4.86. The van der Waals surface area contributed by atoms with Crippen molar-refractivity contribution in [3.05, 3.63) is 115 Å². The summed E-state index contributed by atoms with van der Waals surface area (Å²) in [4.78, 5) is 32.3. The second-order valence-electron chi connectivity index (χ2n) is 9.75. The van der Waals surface area contributed by atoms with E-state index in [4.69, 9.17) is 42.1 Å². The van der Waals surface area contributed by atoms with E-state index in [2.05, 4.69) is 36.9 Å². The van der Waals surface area contributed by atoms with Crippen molar-refractivity contribution in [2.45, 2.75) is 26.5 Å². The SMILES string of the molecule is CCOC(=O)C1=C(C)N=c2s/c(=C/c3cc(Br)c(OCc4ccc(Cl)cc4Cl)c(OC)c3)c(=O)n2[C@@H]1c1ccc(OC)c(Br)c1. The topological polar surface area (TPSA) is 88.4 Å². The number of allylic oxidation sites excluding steroid dienone is 1. The molecule has 3 aromatic carbocycles. The maximum Gasteiger partial charge on any atom is 0.338 e. The Morgan fingerprint density at radius 2 is 1.80 bits per heavy atom. The number of rotatable bonds is 9. The predicted molar refractivity (Wildman–Crippen MR) is 183 cm³/mol. The first-order valence-corrected chi connectivity index (χ1v) is 16.7. The van der Waals surface area contributed by atoms with Gasteiger partial charge < -0.3 is 18.9 Å². The van der Waals surface area contributed by atoms with Gasteiger partial charge in [0.25, 0.3) is 5.56 Å². The van der Waals surface area contributed by atoms with Gasteiger partial charge in [0.15, 0.2) is 16.3 Å². The van der Waals surface area contributed by atoms with Gasteiger partial charge in [-0.1, -0.05) is 46.7 Å². The number of benzene rings is 3. The third kappa shape index (κ3) is 6.88. The molecule has 0 amide bonds. The minimum absolute atomic E-state index is 0.183. The number of nitrogens with zero attached hydrogens (tertiary/aromatic N) is 2. The molecule has 13 heteroatoms. The molecule has 1 aliphatic heterocycles. The first-order chi connectivity index (χ1) is 21.6. The fraction of sp³-hybridized carbons (Fsp3) is 0.219. The Bertz CT molecular complexity index is 2020. The summed E-state index contributed by atoms with van der Waals surface area (Å²) >= 11 is 20.7. The largest absolute Gasteiger partial charge is 0.496 e. The average Bonchev–Trinajstić information content (AvgIpc) is 3.30. The molecule has 1 atom stereocenters. The fourth-order valence-corrected chi connectivity index (χ4v) is 7.51. The van der Waals surface area contributed by atoms with Crippen molar-refractivity contribution in [2.24, 2.45) is 4.99 Å².